The summed E-state index contributed by atoms with van der Waals surface area (Å²) in [6.07, 6.45) is 1.04. The summed E-state index contributed by atoms with van der Waals surface area (Å²) in [5, 5.41) is 11.5. The third kappa shape index (κ3) is 2.94. The van der Waals surface area contributed by atoms with Gasteiger partial charge in [-0.3, -0.25) is 9.69 Å². The van der Waals surface area contributed by atoms with E-state index in [0.717, 1.165) is 11.2 Å². The van der Waals surface area contributed by atoms with Gasteiger partial charge in [-0.05, 0) is 24.6 Å². The molecule has 1 aliphatic heterocycles. The molecule has 3 amide bonds. The maximum atomic E-state index is 12.5. The van der Waals surface area contributed by atoms with Gasteiger partial charge in [-0.25, -0.2) is 13.2 Å². The summed E-state index contributed by atoms with van der Waals surface area (Å²) in [6.45, 7) is 1.33. The van der Waals surface area contributed by atoms with E-state index in [4.69, 9.17) is 5.26 Å². The van der Waals surface area contributed by atoms with E-state index in [-0.39, 0.29) is 12.3 Å². The van der Waals surface area contributed by atoms with E-state index in [1.807, 2.05) is 6.07 Å². The van der Waals surface area contributed by atoms with Crippen LogP contribution < -0.4 is 5.32 Å². The standard InChI is InChI=1S/C14H15N3O4S/c1-14(11-5-3-4-10(8-11)9-15)12(18)17(13(19)16-14)6-7-22(2,20)21/h3-5,8H,6-7H2,1-2H3,(H,16,19). The average molecular weight is 321 g/mol. The molecule has 1 unspecified atom stereocenters. The second-order valence-electron chi connectivity index (χ2n) is 5.33. The maximum Gasteiger partial charge on any atom is 0.325 e. The molecule has 1 aliphatic rings. The fourth-order valence-electron chi connectivity index (χ4n) is 2.25. The minimum atomic E-state index is -3.29. The zero-order chi connectivity index (χ0) is 16.5. The van der Waals surface area contributed by atoms with Crippen molar-refractivity contribution in [2.75, 3.05) is 18.6 Å². The van der Waals surface area contributed by atoms with Crippen molar-refractivity contribution in [2.24, 2.45) is 0 Å². The Bertz CT molecular complexity index is 782. The largest absolute Gasteiger partial charge is 0.325 e. The highest BCUT2D eigenvalue weighted by Crippen LogP contribution is 2.29. The number of carbonyl (C=O) groups excluding carboxylic acids is 2. The SMILES string of the molecule is CC1(c2cccc(C#N)c2)NC(=O)N(CCS(C)(=O)=O)C1=O. The molecule has 1 aromatic carbocycles. The smallest absolute Gasteiger partial charge is 0.319 e. The van der Waals surface area contributed by atoms with Gasteiger partial charge in [-0.15, -0.1) is 0 Å². The van der Waals surface area contributed by atoms with Gasteiger partial charge in [0.1, 0.15) is 15.4 Å². The Balaban J connectivity index is 2.31. The molecule has 22 heavy (non-hydrogen) atoms. The van der Waals surface area contributed by atoms with E-state index in [1.165, 1.54) is 13.0 Å². The van der Waals surface area contributed by atoms with Gasteiger partial charge in [0.05, 0.1) is 17.4 Å². The monoisotopic (exact) mass is 321 g/mol. The molecule has 1 atom stereocenters. The molecule has 0 spiro atoms. The lowest BCUT2D eigenvalue weighted by molar-refractivity contribution is -0.130. The molecule has 0 aliphatic carbocycles. The molecular weight excluding hydrogens is 306 g/mol. The number of nitrogens with zero attached hydrogens (tertiary/aromatic N) is 2. The first kappa shape index (κ1) is 16.0. The van der Waals surface area contributed by atoms with Gasteiger partial charge in [0, 0.05) is 12.8 Å². The summed E-state index contributed by atoms with van der Waals surface area (Å²) in [5.41, 5.74) is -0.455. The average Bonchev–Trinajstić information content (AvgIpc) is 2.67. The number of amides is 3. The Morgan fingerprint density at radius 3 is 2.64 bits per heavy atom. The van der Waals surface area contributed by atoms with Gasteiger partial charge in [0.2, 0.25) is 0 Å². The number of sulfone groups is 1. The van der Waals surface area contributed by atoms with Crippen molar-refractivity contribution in [1.29, 1.82) is 5.26 Å². The van der Waals surface area contributed by atoms with Crippen molar-refractivity contribution >= 4 is 21.8 Å². The van der Waals surface area contributed by atoms with E-state index in [1.54, 1.807) is 18.2 Å². The summed E-state index contributed by atoms with van der Waals surface area (Å²) in [6, 6.07) is 7.71. The van der Waals surface area contributed by atoms with Crippen LogP contribution >= 0.6 is 0 Å². The molecule has 1 saturated heterocycles. The lowest BCUT2D eigenvalue weighted by Crippen LogP contribution is -2.41. The van der Waals surface area contributed by atoms with Crippen LogP contribution in [0.25, 0.3) is 0 Å². The molecule has 1 N–H and O–H groups in total. The van der Waals surface area contributed by atoms with Gasteiger partial charge < -0.3 is 5.32 Å². The van der Waals surface area contributed by atoms with Crippen LogP contribution in [0.1, 0.15) is 18.1 Å². The number of benzene rings is 1. The fourth-order valence-corrected chi connectivity index (χ4v) is 2.77. The van der Waals surface area contributed by atoms with E-state index in [0.29, 0.717) is 11.1 Å². The molecule has 0 radical (unpaired) electrons. The van der Waals surface area contributed by atoms with Crippen LogP contribution in [0.5, 0.6) is 0 Å². The lowest BCUT2D eigenvalue weighted by atomic mass is 9.91. The van der Waals surface area contributed by atoms with E-state index < -0.39 is 27.3 Å². The quantitative estimate of drug-likeness (QED) is 0.806. The molecule has 1 fully saturated rings. The number of nitrogens with one attached hydrogen (secondary N) is 1. The van der Waals surface area contributed by atoms with Crippen molar-refractivity contribution in [2.45, 2.75) is 12.5 Å². The third-order valence-electron chi connectivity index (χ3n) is 3.53. The number of hydrogen-bond acceptors (Lipinski definition) is 5. The number of rotatable bonds is 4. The molecule has 1 aromatic rings. The highest BCUT2D eigenvalue weighted by Gasteiger charge is 2.48. The van der Waals surface area contributed by atoms with Crippen molar-refractivity contribution in [1.82, 2.24) is 10.2 Å². The van der Waals surface area contributed by atoms with Crippen molar-refractivity contribution in [3.8, 4) is 6.07 Å². The van der Waals surface area contributed by atoms with Gasteiger partial charge in [-0.2, -0.15) is 5.26 Å². The topological polar surface area (TPSA) is 107 Å². The lowest BCUT2D eigenvalue weighted by Gasteiger charge is -2.22. The molecule has 7 nitrogen and oxygen atoms in total. The predicted molar refractivity (Wildman–Crippen MR) is 78.5 cm³/mol. The predicted octanol–water partition coefficient (Wildman–Crippen LogP) is 0.370. The number of urea groups is 1. The first-order valence-electron chi connectivity index (χ1n) is 6.50. The highest BCUT2D eigenvalue weighted by molar-refractivity contribution is 7.90. The van der Waals surface area contributed by atoms with Crippen LogP contribution in [0.3, 0.4) is 0 Å². The number of hydrogen-bond donors (Lipinski definition) is 1. The Morgan fingerprint density at radius 2 is 2.05 bits per heavy atom. The summed E-state index contributed by atoms with van der Waals surface area (Å²) in [5.74, 6) is -0.822. The van der Waals surface area contributed by atoms with Crippen molar-refractivity contribution in [3.05, 3.63) is 35.4 Å². The molecule has 0 bridgehead atoms. The van der Waals surface area contributed by atoms with Gasteiger partial charge in [0.15, 0.2) is 0 Å². The highest BCUT2D eigenvalue weighted by atomic mass is 32.2. The minimum Gasteiger partial charge on any atom is -0.319 e. The molecule has 2 rings (SSSR count). The summed E-state index contributed by atoms with van der Waals surface area (Å²) < 4.78 is 22.4. The summed E-state index contributed by atoms with van der Waals surface area (Å²) in [7, 11) is -3.29. The van der Waals surface area contributed by atoms with Crippen LogP contribution in [0.4, 0.5) is 4.79 Å². The van der Waals surface area contributed by atoms with Crippen LogP contribution in [-0.2, 0) is 20.2 Å². The Morgan fingerprint density at radius 1 is 1.36 bits per heavy atom. The second kappa shape index (κ2) is 5.42. The molecule has 8 heteroatoms. The summed E-state index contributed by atoms with van der Waals surface area (Å²) in [4.78, 5) is 25.4. The first-order valence-corrected chi connectivity index (χ1v) is 8.56. The van der Waals surface area contributed by atoms with Crippen LogP contribution in [0.15, 0.2) is 24.3 Å². The molecule has 1 heterocycles. The second-order valence-corrected chi connectivity index (χ2v) is 7.59. The van der Waals surface area contributed by atoms with Crippen LogP contribution in [0.2, 0.25) is 0 Å². The van der Waals surface area contributed by atoms with Crippen molar-refractivity contribution in [3.63, 3.8) is 0 Å². The fraction of sp³-hybridized carbons (Fsp3) is 0.357. The Hall–Kier alpha value is -2.40. The minimum absolute atomic E-state index is 0.197. The van der Waals surface area contributed by atoms with E-state index >= 15 is 0 Å². The zero-order valence-electron chi connectivity index (χ0n) is 12.2. The number of nitriles is 1. The third-order valence-corrected chi connectivity index (χ3v) is 4.45. The normalized spacial score (nSPS) is 21.6. The molecular formula is C14H15N3O4S. The Kier molecular flexibility index (Phi) is 3.94. The maximum absolute atomic E-state index is 12.5. The van der Waals surface area contributed by atoms with Gasteiger partial charge in [-0.1, -0.05) is 12.1 Å². The van der Waals surface area contributed by atoms with Gasteiger partial charge in [0.25, 0.3) is 5.91 Å². The van der Waals surface area contributed by atoms with E-state index in [9.17, 15) is 18.0 Å². The van der Waals surface area contributed by atoms with E-state index in [2.05, 4.69) is 5.32 Å². The number of carbonyl (C=O) groups is 2. The van der Waals surface area contributed by atoms with Crippen LogP contribution in [0, 0.1) is 11.3 Å². The molecule has 0 aromatic heterocycles. The van der Waals surface area contributed by atoms with Gasteiger partial charge >= 0.3 is 6.03 Å². The molecule has 0 saturated carbocycles. The van der Waals surface area contributed by atoms with Crippen LogP contribution in [-0.4, -0.2) is 43.8 Å². The van der Waals surface area contributed by atoms with Crippen molar-refractivity contribution < 1.29 is 18.0 Å². The molecule has 116 valence electrons. The Labute approximate surface area is 128 Å². The zero-order valence-corrected chi connectivity index (χ0v) is 13.0. The number of imide groups is 1. The first-order chi connectivity index (χ1) is 10.2. The summed E-state index contributed by atoms with van der Waals surface area (Å²) >= 11 is 0.